The van der Waals surface area contributed by atoms with Crippen LogP contribution in [0.4, 0.5) is 0 Å². The van der Waals surface area contributed by atoms with Crippen LogP contribution in [-0.4, -0.2) is 24.7 Å². The molecule has 0 bridgehead atoms. The van der Waals surface area contributed by atoms with Crippen molar-refractivity contribution in [2.45, 2.75) is 22.4 Å². The van der Waals surface area contributed by atoms with Crippen molar-refractivity contribution in [2.24, 2.45) is 0 Å². The maximum absolute atomic E-state index is 2.27. The van der Waals surface area contributed by atoms with Gasteiger partial charge in [0, 0.05) is 0 Å². The summed E-state index contributed by atoms with van der Waals surface area (Å²) in [5, 5.41) is 0. The molecule has 0 amide bonds. The molecule has 0 aliphatic carbocycles. The van der Waals surface area contributed by atoms with Crippen LogP contribution in [0.1, 0.15) is 16.7 Å². The number of hydrogen-bond acceptors (Lipinski definition) is 0. The summed E-state index contributed by atoms with van der Waals surface area (Å²) in [6.07, 6.45) is 3.51. The molecule has 0 nitrogen and oxygen atoms in total. The third-order valence-corrected chi connectivity index (χ3v) is 6.58. The molecular weight excluding hydrogens is 473 g/mol. The first-order valence-corrected chi connectivity index (χ1v) is 10.4. The molecule has 0 spiro atoms. The third-order valence-electron chi connectivity index (χ3n) is 4.20. The summed E-state index contributed by atoms with van der Waals surface area (Å²) in [6, 6.07) is 32.9. The van der Waals surface area contributed by atoms with E-state index in [1.165, 1.54) is 36.0 Å². The Balaban J connectivity index is 1.85. The van der Waals surface area contributed by atoms with Crippen LogP contribution in [0, 0.1) is 0 Å². The second-order valence-corrected chi connectivity index (χ2v) is 11.1. The molecule has 0 radical (unpaired) electrons. The Hall–Kier alpha value is -1.46. The molecule has 3 aromatic rings. The number of hydrogen-bond donors (Lipinski definition) is 0. The van der Waals surface area contributed by atoms with E-state index in [1.807, 2.05) is 0 Å². The Labute approximate surface area is 154 Å². The Bertz CT molecular complexity index is 603. The number of rotatable bonds is 6. The van der Waals surface area contributed by atoms with E-state index in [4.69, 9.17) is 0 Å². The molecule has 1 heteroatoms. The zero-order valence-electron chi connectivity index (χ0n) is 13.4. The molecule has 3 aromatic carbocycles. The summed E-state index contributed by atoms with van der Waals surface area (Å²) in [5.74, 6) is 0. The van der Waals surface area contributed by atoms with Gasteiger partial charge in [-0.25, -0.2) is 0 Å². The fourth-order valence-corrected chi connectivity index (χ4v) is 5.94. The van der Waals surface area contributed by atoms with E-state index in [0.717, 1.165) is 24.7 Å². The van der Waals surface area contributed by atoms with Crippen LogP contribution in [0.3, 0.4) is 0 Å². The average Bonchev–Trinajstić information content (AvgIpc) is 2.57. The van der Waals surface area contributed by atoms with Crippen molar-refractivity contribution in [2.75, 3.05) is 0 Å². The van der Waals surface area contributed by atoms with Crippen molar-refractivity contribution in [3.63, 3.8) is 0 Å². The van der Waals surface area contributed by atoms with Crippen LogP contribution < -0.4 is 0 Å². The molecule has 23 heavy (non-hydrogen) atoms. The van der Waals surface area contributed by atoms with Gasteiger partial charge in [-0.05, 0) is 0 Å². The standard InChI is InChI=1S/C22H21.Bi.2H/c1-4-10-19(11-5-1)16-22(17-20-12-6-2-7-13-20)18-21-14-8-3-9-15-21;;;/h1-15H,16-18H2;;;. The third kappa shape index (κ3) is 5.01. The van der Waals surface area contributed by atoms with E-state index in [1.54, 1.807) is 0 Å². The first-order valence-electron chi connectivity index (χ1n) is 8.14. The average molecular weight is 496 g/mol. The molecule has 0 atom stereocenters. The fraction of sp³-hybridized carbons (Fsp3) is 0.182. The van der Waals surface area contributed by atoms with Gasteiger partial charge < -0.3 is 0 Å². The summed E-state index contributed by atoms with van der Waals surface area (Å²) in [4.78, 5) is 0. The molecule has 0 saturated heterocycles. The van der Waals surface area contributed by atoms with Gasteiger partial charge in [0.2, 0.25) is 0 Å². The van der Waals surface area contributed by atoms with Crippen LogP contribution in [0.15, 0.2) is 91.0 Å². The van der Waals surface area contributed by atoms with Gasteiger partial charge in [-0.1, -0.05) is 0 Å². The second kappa shape index (κ2) is 7.89. The summed E-state index contributed by atoms with van der Waals surface area (Å²) in [5.41, 5.74) is 4.38. The molecule has 116 valence electrons. The summed E-state index contributed by atoms with van der Waals surface area (Å²) in [6.45, 7) is 0. The predicted molar refractivity (Wildman–Crippen MR) is 102 cm³/mol. The molecule has 0 aromatic heterocycles. The zero-order valence-corrected chi connectivity index (χ0v) is 17.8. The Morgan fingerprint density at radius 2 is 0.739 bits per heavy atom. The van der Waals surface area contributed by atoms with Gasteiger partial charge in [0.15, 0.2) is 0 Å². The first kappa shape index (κ1) is 16.4. The van der Waals surface area contributed by atoms with Gasteiger partial charge in [-0.3, -0.25) is 0 Å². The quantitative estimate of drug-likeness (QED) is 0.441. The van der Waals surface area contributed by atoms with Crippen molar-refractivity contribution in [3.05, 3.63) is 108 Å². The molecular formula is C22H23Bi. The van der Waals surface area contributed by atoms with E-state index < -0.39 is 0 Å². The van der Waals surface area contributed by atoms with E-state index in [2.05, 4.69) is 91.0 Å². The Morgan fingerprint density at radius 1 is 0.478 bits per heavy atom. The topological polar surface area (TPSA) is 0 Å². The van der Waals surface area contributed by atoms with E-state index in [0.29, 0.717) is 3.12 Å². The minimum atomic E-state index is 0.379. The first-order chi connectivity index (χ1) is 11.2. The molecule has 0 saturated carbocycles. The van der Waals surface area contributed by atoms with Gasteiger partial charge in [0.25, 0.3) is 0 Å². The molecule has 0 unspecified atom stereocenters. The van der Waals surface area contributed by atoms with Crippen LogP contribution in [0.25, 0.3) is 0 Å². The molecule has 0 aliphatic heterocycles. The SMILES string of the molecule is [BiH2][C](Cc1ccccc1)(Cc1ccccc1)Cc1ccccc1. The van der Waals surface area contributed by atoms with Crippen molar-refractivity contribution in [1.29, 1.82) is 0 Å². The second-order valence-electron chi connectivity index (χ2n) is 6.35. The Kier molecular flexibility index (Phi) is 5.62. The maximum atomic E-state index is 2.27. The molecule has 0 heterocycles. The molecule has 0 aliphatic rings. The molecule has 0 N–H and O–H groups in total. The predicted octanol–water partition coefficient (Wildman–Crippen LogP) is 4.51. The van der Waals surface area contributed by atoms with Gasteiger partial charge in [-0.2, -0.15) is 0 Å². The number of benzene rings is 3. The van der Waals surface area contributed by atoms with Crippen molar-refractivity contribution in [1.82, 2.24) is 0 Å². The summed E-state index contributed by atoms with van der Waals surface area (Å²) < 4.78 is 0.379. The van der Waals surface area contributed by atoms with E-state index in [-0.39, 0.29) is 0 Å². The summed E-state index contributed by atoms with van der Waals surface area (Å²) in [7, 11) is 0. The van der Waals surface area contributed by atoms with E-state index in [9.17, 15) is 0 Å². The van der Waals surface area contributed by atoms with Gasteiger partial charge >= 0.3 is 155 Å². The van der Waals surface area contributed by atoms with Gasteiger partial charge in [-0.15, -0.1) is 0 Å². The van der Waals surface area contributed by atoms with Gasteiger partial charge in [0.05, 0.1) is 0 Å². The normalized spacial score (nSPS) is 11.3. The molecule has 3 rings (SSSR count). The van der Waals surface area contributed by atoms with E-state index >= 15 is 0 Å². The monoisotopic (exact) mass is 496 g/mol. The van der Waals surface area contributed by atoms with Crippen LogP contribution in [0.2, 0.25) is 3.12 Å². The van der Waals surface area contributed by atoms with Crippen LogP contribution >= 0.6 is 0 Å². The molecule has 0 fully saturated rings. The van der Waals surface area contributed by atoms with Gasteiger partial charge in [0.1, 0.15) is 0 Å². The summed E-state index contributed by atoms with van der Waals surface area (Å²) >= 11 is 0.924. The van der Waals surface area contributed by atoms with Crippen LogP contribution in [-0.2, 0) is 19.3 Å². The zero-order chi connectivity index (χ0) is 16.0. The van der Waals surface area contributed by atoms with Crippen LogP contribution in [0.5, 0.6) is 0 Å². The fourth-order valence-electron chi connectivity index (χ4n) is 3.19. The van der Waals surface area contributed by atoms with Crippen molar-refractivity contribution >= 4 is 24.7 Å². The van der Waals surface area contributed by atoms with Crippen molar-refractivity contribution < 1.29 is 0 Å². The minimum absolute atomic E-state index is 0.379. The Morgan fingerprint density at radius 3 is 1.00 bits per heavy atom. The van der Waals surface area contributed by atoms with Crippen molar-refractivity contribution in [3.8, 4) is 0 Å².